The SMILES string of the molecule is NCCOCCOCCN(CCOCCOCCN)C(=O)CCN1C(=O)C=CC1=O.O=C(O)C(F)(F)F.O=C(O)C(F)(F)F. The number of imide groups is 1. The number of rotatable bonds is 19. The monoisotopic (exact) mass is 658 g/mol. The normalized spacial score (nSPS) is 12.8. The molecule has 0 unspecified atom stereocenters. The Morgan fingerprint density at radius 1 is 0.682 bits per heavy atom. The number of carboxylic acids is 2. The lowest BCUT2D eigenvalue weighted by atomic mass is 10.3. The molecule has 0 spiro atoms. The minimum absolute atomic E-state index is 0.0401. The van der Waals surface area contributed by atoms with Crippen molar-refractivity contribution in [1.29, 1.82) is 0 Å². The van der Waals surface area contributed by atoms with Crippen LogP contribution in [0.3, 0.4) is 0 Å². The zero-order chi connectivity index (χ0) is 34.2. The number of aliphatic carboxylic acids is 2. The molecule has 21 heteroatoms. The van der Waals surface area contributed by atoms with Gasteiger partial charge in [0.1, 0.15) is 0 Å². The fourth-order valence-corrected chi connectivity index (χ4v) is 2.54. The molecule has 0 aromatic rings. The molecule has 6 N–H and O–H groups in total. The molecule has 0 atom stereocenters. The van der Waals surface area contributed by atoms with Crippen LogP contribution < -0.4 is 11.5 Å². The van der Waals surface area contributed by atoms with Gasteiger partial charge in [-0.15, -0.1) is 0 Å². The van der Waals surface area contributed by atoms with E-state index in [0.717, 1.165) is 4.90 Å². The van der Waals surface area contributed by atoms with E-state index in [0.29, 0.717) is 79.0 Å². The van der Waals surface area contributed by atoms with Gasteiger partial charge in [0.25, 0.3) is 11.8 Å². The Morgan fingerprint density at radius 3 is 1.30 bits per heavy atom. The summed E-state index contributed by atoms with van der Waals surface area (Å²) in [6.45, 7) is 4.97. The van der Waals surface area contributed by atoms with Gasteiger partial charge >= 0.3 is 24.3 Å². The first-order valence-corrected chi connectivity index (χ1v) is 12.6. The summed E-state index contributed by atoms with van der Waals surface area (Å²) in [6, 6.07) is 0. The second-order valence-corrected chi connectivity index (χ2v) is 7.92. The Kier molecular flexibility index (Phi) is 23.3. The molecule has 0 saturated heterocycles. The van der Waals surface area contributed by atoms with Crippen LogP contribution in [-0.4, -0.2) is 148 Å². The van der Waals surface area contributed by atoms with Crippen LogP contribution in [0.1, 0.15) is 6.42 Å². The summed E-state index contributed by atoms with van der Waals surface area (Å²) in [7, 11) is 0. The highest BCUT2D eigenvalue weighted by Crippen LogP contribution is 2.13. The van der Waals surface area contributed by atoms with Gasteiger partial charge in [0.2, 0.25) is 5.91 Å². The van der Waals surface area contributed by atoms with E-state index in [4.69, 9.17) is 50.2 Å². The Morgan fingerprint density at radius 2 is 1.00 bits per heavy atom. The number of halogens is 6. The lowest BCUT2D eigenvalue weighted by molar-refractivity contribution is -0.193. The number of hydrogen-bond acceptors (Lipinski definition) is 11. The highest BCUT2D eigenvalue weighted by Gasteiger charge is 2.38. The Balaban J connectivity index is 0. The quantitative estimate of drug-likeness (QED) is 0.0773. The number of alkyl halides is 6. The molecule has 0 saturated carbocycles. The molecule has 1 aliphatic rings. The fourth-order valence-electron chi connectivity index (χ4n) is 2.54. The summed E-state index contributed by atoms with van der Waals surface area (Å²) in [5, 5.41) is 14.2. The van der Waals surface area contributed by atoms with Crippen molar-refractivity contribution in [3.63, 3.8) is 0 Å². The van der Waals surface area contributed by atoms with E-state index < -0.39 is 36.1 Å². The minimum atomic E-state index is -5.08. The van der Waals surface area contributed by atoms with Crippen LogP contribution in [0, 0.1) is 0 Å². The van der Waals surface area contributed by atoms with Crippen molar-refractivity contribution in [3.8, 4) is 0 Å². The van der Waals surface area contributed by atoms with Gasteiger partial charge in [-0.2, -0.15) is 26.3 Å². The second kappa shape index (κ2) is 24.0. The second-order valence-electron chi connectivity index (χ2n) is 7.92. The van der Waals surface area contributed by atoms with Crippen molar-refractivity contribution in [2.24, 2.45) is 11.5 Å². The molecule has 15 nitrogen and oxygen atoms in total. The van der Waals surface area contributed by atoms with Crippen molar-refractivity contribution in [2.75, 3.05) is 85.6 Å². The zero-order valence-electron chi connectivity index (χ0n) is 23.4. The predicted octanol–water partition coefficient (Wildman–Crippen LogP) is -0.619. The molecule has 0 fully saturated rings. The van der Waals surface area contributed by atoms with Crippen molar-refractivity contribution >= 4 is 29.7 Å². The van der Waals surface area contributed by atoms with Crippen LogP contribution in [0.15, 0.2) is 12.2 Å². The largest absolute Gasteiger partial charge is 0.490 e. The molecule has 256 valence electrons. The molecular weight excluding hydrogens is 622 g/mol. The molecule has 1 aliphatic heterocycles. The summed E-state index contributed by atoms with van der Waals surface area (Å²) >= 11 is 0. The molecule has 1 rings (SSSR count). The smallest absolute Gasteiger partial charge is 0.475 e. The number of amides is 3. The average Bonchev–Trinajstić information content (AvgIpc) is 3.25. The number of carbonyl (C=O) groups excluding carboxylic acids is 3. The number of carboxylic acid groups (broad SMARTS) is 2. The highest BCUT2D eigenvalue weighted by molar-refractivity contribution is 6.13. The Bertz CT molecular complexity index is 845. The number of hydrogen-bond donors (Lipinski definition) is 4. The molecule has 0 bridgehead atoms. The van der Waals surface area contributed by atoms with Gasteiger partial charge in [0.05, 0.1) is 52.9 Å². The van der Waals surface area contributed by atoms with Crippen LogP contribution in [0.4, 0.5) is 26.3 Å². The third-order valence-corrected chi connectivity index (χ3v) is 4.57. The van der Waals surface area contributed by atoms with E-state index >= 15 is 0 Å². The highest BCUT2D eigenvalue weighted by atomic mass is 19.4. The lowest BCUT2D eigenvalue weighted by Gasteiger charge is -2.24. The van der Waals surface area contributed by atoms with Gasteiger partial charge < -0.3 is 45.5 Å². The average molecular weight is 659 g/mol. The van der Waals surface area contributed by atoms with Gasteiger partial charge in [0.15, 0.2) is 0 Å². The van der Waals surface area contributed by atoms with Gasteiger partial charge in [-0.3, -0.25) is 19.3 Å². The maximum Gasteiger partial charge on any atom is 0.490 e. The standard InChI is InChI=1S/C19H34N4O7.2C2HF3O2/c20-4-9-27-13-15-29-11-7-22(8-12-30-16-14-28-10-5-21)17(24)3-6-23-18(25)1-2-19(23)26;2*3-2(4,5)1(6)7/h1-2H,3-16,20-21H2;2*(H,6,7). The van der Waals surface area contributed by atoms with Gasteiger partial charge in [-0.1, -0.05) is 0 Å². The van der Waals surface area contributed by atoms with Gasteiger partial charge in [0, 0.05) is 51.3 Å². The topological polar surface area (TPSA) is 221 Å². The van der Waals surface area contributed by atoms with Crippen molar-refractivity contribution < 1.29 is 79.5 Å². The summed E-state index contributed by atoms with van der Waals surface area (Å²) in [5.41, 5.74) is 10.7. The third-order valence-electron chi connectivity index (χ3n) is 4.57. The zero-order valence-corrected chi connectivity index (χ0v) is 23.4. The predicted molar refractivity (Wildman–Crippen MR) is 136 cm³/mol. The first-order chi connectivity index (χ1) is 20.5. The van der Waals surface area contributed by atoms with E-state index in [9.17, 15) is 40.7 Å². The van der Waals surface area contributed by atoms with Crippen molar-refractivity contribution in [1.82, 2.24) is 9.80 Å². The van der Waals surface area contributed by atoms with Crippen LogP contribution >= 0.6 is 0 Å². The number of nitrogens with two attached hydrogens (primary N) is 2. The summed E-state index contributed by atoms with van der Waals surface area (Å²) < 4.78 is 84.9. The Hall–Kier alpha value is -3.37. The van der Waals surface area contributed by atoms with E-state index in [1.807, 2.05) is 0 Å². The molecule has 0 radical (unpaired) electrons. The number of ether oxygens (including phenoxy) is 4. The molecule has 0 aliphatic carbocycles. The van der Waals surface area contributed by atoms with Crippen LogP contribution in [-0.2, 0) is 42.9 Å². The molecule has 1 heterocycles. The van der Waals surface area contributed by atoms with Crippen LogP contribution in [0.2, 0.25) is 0 Å². The van der Waals surface area contributed by atoms with Crippen LogP contribution in [0.5, 0.6) is 0 Å². The summed E-state index contributed by atoms with van der Waals surface area (Å²) in [4.78, 5) is 56.3. The molecule has 0 aromatic carbocycles. The summed E-state index contributed by atoms with van der Waals surface area (Å²) in [5.74, 6) is -6.50. The van der Waals surface area contributed by atoms with E-state index in [1.165, 1.54) is 12.2 Å². The molecular formula is C23H36F6N4O11. The first kappa shape index (κ1) is 42.8. The van der Waals surface area contributed by atoms with E-state index in [2.05, 4.69) is 0 Å². The van der Waals surface area contributed by atoms with Crippen LogP contribution in [0.25, 0.3) is 0 Å². The van der Waals surface area contributed by atoms with Gasteiger partial charge in [-0.05, 0) is 0 Å². The minimum Gasteiger partial charge on any atom is -0.475 e. The van der Waals surface area contributed by atoms with Gasteiger partial charge in [-0.25, -0.2) is 9.59 Å². The van der Waals surface area contributed by atoms with Crippen molar-refractivity contribution in [2.45, 2.75) is 18.8 Å². The molecule has 3 amide bonds. The maximum atomic E-state index is 12.6. The third kappa shape index (κ3) is 23.1. The Labute approximate surface area is 247 Å². The molecule has 0 aromatic heterocycles. The summed E-state index contributed by atoms with van der Waals surface area (Å²) in [6.07, 6.45) is -7.73. The molecule has 44 heavy (non-hydrogen) atoms. The van der Waals surface area contributed by atoms with E-state index in [1.54, 1.807) is 4.90 Å². The van der Waals surface area contributed by atoms with E-state index in [-0.39, 0.29) is 18.9 Å². The lowest BCUT2D eigenvalue weighted by Crippen LogP contribution is -2.40. The number of carbonyl (C=O) groups is 5. The number of nitrogens with zero attached hydrogens (tertiary/aromatic N) is 2. The van der Waals surface area contributed by atoms with Crippen molar-refractivity contribution in [3.05, 3.63) is 12.2 Å². The fraction of sp³-hybridized carbons (Fsp3) is 0.696. The first-order valence-electron chi connectivity index (χ1n) is 12.6. The maximum absolute atomic E-state index is 12.6.